The monoisotopic (exact) mass is 286 g/mol. The summed E-state index contributed by atoms with van der Waals surface area (Å²) in [4.78, 5) is 3.97. The van der Waals surface area contributed by atoms with Crippen molar-refractivity contribution in [2.45, 2.75) is 19.4 Å². The zero-order chi connectivity index (χ0) is 14.1. The number of nitrogens with zero attached hydrogens (tertiary/aromatic N) is 1. The van der Waals surface area contributed by atoms with Gasteiger partial charge in [0.05, 0.1) is 11.1 Å². The molecule has 4 heteroatoms. The van der Waals surface area contributed by atoms with Gasteiger partial charge in [-0.1, -0.05) is 23.2 Å². The molecule has 0 fully saturated rings. The summed E-state index contributed by atoms with van der Waals surface area (Å²) in [5.74, 6) is 0.776. The molecule has 0 aliphatic carbocycles. The Labute approximate surface area is 122 Å². The SMILES string of the molecule is Cc1ccc2oc(C(N)Cc3ccncc3Cl)cc2c1. The molecule has 0 aliphatic rings. The molecular weight excluding hydrogens is 272 g/mol. The molecule has 1 aromatic carbocycles. The second-order valence-electron chi connectivity index (χ2n) is 4.97. The van der Waals surface area contributed by atoms with Crippen LogP contribution in [0.25, 0.3) is 11.0 Å². The van der Waals surface area contributed by atoms with Crippen molar-refractivity contribution in [2.24, 2.45) is 5.73 Å². The lowest BCUT2D eigenvalue weighted by atomic mass is 10.1. The van der Waals surface area contributed by atoms with Gasteiger partial charge in [0.25, 0.3) is 0 Å². The van der Waals surface area contributed by atoms with Crippen molar-refractivity contribution in [3.63, 3.8) is 0 Å². The molecule has 3 rings (SSSR count). The Kier molecular flexibility index (Phi) is 3.47. The van der Waals surface area contributed by atoms with Crippen LogP contribution in [-0.4, -0.2) is 4.98 Å². The normalized spacial score (nSPS) is 12.8. The highest BCUT2D eigenvalue weighted by atomic mass is 35.5. The Morgan fingerprint density at radius 1 is 1.30 bits per heavy atom. The van der Waals surface area contributed by atoms with Crippen LogP contribution in [0.2, 0.25) is 5.02 Å². The molecule has 0 amide bonds. The Bertz CT molecular complexity index is 751. The molecule has 2 aromatic heterocycles. The summed E-state index contributed by atoms with van der Waals surface area (Å²) in [7, 11) is 0. The van der Waals surface area contributed by atoms with Gasteiger partial charge in [-0.15, -0.1) is 0 Å². The van der Waals surface area contributed by atoms with Crippen molar-refractivity contribution in [1.82, 2.24) is 4.98 Å². The number of fused-ring (bicyclic) bond motifs is 1. The van der Waals surface area contributed by atoms with Crippen LogP contribution >= 0.6 is 11.6 Å². The summed E-state index contributed by atoms with van der Waals surface area (Å²) in [6.07, 6.45) is 3.97. The number of aryl methyl sites for hydroxylation is 1. The average molecular weight is 287 g/mol. The molecule has 20 heavy (non-hydrogen) atoms. The maximum absolute atomic E-state index is 6.23. The van der Waals surface area contributed by atoms with Crippen molar-refractivity contribution in [3.8, 4) is 0 Å². The minimum Gasteiger partial charge on any atom is -0.459 e. The first-order valence-corrected chi connectivity index (χ1v) is 6.85. The van der Waals surface area contributed by atoms with Crippen LogP contribution in [0.4, 0.5) is 0 Å². The fraction of sp³-hybridized carbons (Fsp3) is 0.188. The van der Waals surface area contributed by atoms with Gasteiger partial charge in [-0.05, 0) is 43.2 Å². The molecular formula is C16H15ClN2O. The van der Waals surface area contributed by atoms with Gasteiger partial charge in [0.1, 0.15) is 11.3 Å². The second kappa shape index (κ2) is 5.27. The lowest BCUT2D eigenvalue weighted by Crippen LogP contribution is -2.12. The minimum atomic E-state index is -0.220. The summed E-state index contributed by atoms with van der Waals surface area (Å²) in [6, 6.07) is 9.76. The van der Waals surface area contributed by atoms with Crippen LogP contribution in [0.3, 0.4) is 0 Å². The number of rotatable bonds is 3. The standard InChI is InChI=1S/C16H15ClN2O/c1-10-2-3-15-12(6-10)8-16(20-15)14(18)7-11-4-5-19-9-13(11)17/h2-6,8-9,14H,7,18H2,1H3. The van der Waals surface area contributed by atoms with Crippen LogP contribution in [-0.2, 0) is 6.42 Å². The third kappa shape index (κ3) is 2.55. The van der Waals surface area contributed by atoms with Crippen molar-refractivity contribution in [3.05, 3.63) is 64.6 Å². The highest BCUT2D eigenvalue weighted by molar-refractivity contribution is 6.31. The van der Waals surface area contributed by atoms with Crippen LogP contribution in [0.5, 0.6) is 0 Å². The molecule has 0 spiro atoms. The highest BCUT2D eigenvalue weighted by Gasteiger charge is 2.14. The predicted octanol–water partition coefficient (Wildman–Crippen LogP) is 4.03. The van der Waals surface area contributed by atoms with E-state index in [1.165, 1.54) is 5.56 Å². The van der Waals surface area contributed by atoms with Gasteiger partial charge in [-0.25, -0.2) is 0 Å². The Morgan fingerprint density at radius 2 is 2.15 bits per heavy atom. The van der Waals surface area contributed by atoms with E-state index in [2.05, 4.69) is 18.0 Å². The fourth-order valence-corrected chi connectivity index (χ4v) is 2.47. The molecule has 3 nitrogen and oxygen atoms in total. The quantitative estimate of drug-likeness (QED) is 0.791. The molecule has 0 aliphatic heterocycles. The van der Waals surface area contributed by atoms with Gasteiger partial charge in [0.2, 0.25) is 0 Å². The Morgan fingerprint density at radius 3 is 2.95 bits per heavy atom. The summed E-state index contributed by atoms with van der Waals surface area (Å²) in [5, 5.41) is 1.71. The minimum absolute atomic E-state index is 0.220. The number of pyridine rings is 1. The molecule has 3 aromatic rings. The number of nitrogens with two attached hydrogens (primary N) is 1. The van der Waals surface area contributed by atoms with E-state index in [9.17, 15) is 0 Å². The lowest BCUT2D eigenvalue weighted by molar-refractivity contribution is 0.494. The zero-order valence-corrected chi connectivity index (χ0v) is 11.9. The first kappa shape index (κ1) is 13.2. The largest absolute Gasteiger partial charge is 0.459 e. The summed E-state index contributed by atoms with van der Waals surface area (Å²) in [5.41, 5.74) is 9.27. The maximum Gasteiger partial charge on any atom is 0.134 e. The smallest absolute Gasteiger partial charge is 0.134 e. The van der Waals surface area contributed by atoms with Gasteiger partial charge >= 0.3 is 0 Å². The number of hydrogen-bond donors (Lipinski definition) is 1. The fourth-order valence-electron chi connectivity index (χ4n) is 2.27. The van der Waals surface area contributed by atoms with Gasteiger partial charge < -0.3 is 10.2 Å². The average Bonchev–Trinajstić information content (AvgIpc) is 2.84. The molecule has 0 radical (unpaired) electrons. The molecule has 1 atom stereocenters. The van der Waals surface area contributed by atoms with E-state index >= 15 is 0 Å². The number of halogens is 1. The number of benzene rings is 1. The van der Waals surface area contributed by atoms with E-state index in [-0.39, 0.29) is 6.04 Å². The molecule has 0 bridgehead atoms. The summed E-state index contributed by atoms with van der Waals surface area (Å²) in [6.45, 7) is 2.06. The molecule has 0 saturated carbocycles. The van der Waals surface area contributed by atoms with E-state index < -0.39 is 0 Å². The topological polar surface area (TPSA) is 52.0 Å². The van der Waals surface area contributed by atoms with E-state index in [0.717, 1.165) is 22.3 Å². The second-order valence-corrected chi connectivity index (χ2v) is 5.37. The van der Waals surface area contributed by atoms with Gasteiger partial charge in [0, 0.05) is 17.8 Å². The van der Waals surface area contributed by atoms with Crippen molar-refractivity contribution in [2.75, 3.05) is 0 Å². The van der Waals surface area contributed by atoms with Crippen LogP contribution in [0.1, 0.15) is 22.9 Å². The third-order valence-corrected chi connectivity index (χ3v) is 3.69. The Balaban J connectivity index is 1.89. The predicted molar refractivity (Wildman–Crippen MR) is 80.8 cm³/mol. The van der Waals surface area contributed by atoms with Crippen LogP contribution < -0.4 is 5.73 Å². The molecule has 2 N–H and O–H groups in total. The number of hydrogen-bond acceptors (Lipinski definition) is 3. The number of aromatic nitrogens is 1. The summed E-state index contributed by atoms with van der Waals surface area (Å²) < 4.78 is 5.81. The number of furan rings is 1. The third-order valence-electron chi connectivity index (χ3n) is 3.35. The first-order chi connectivity index (χ1) is 9.63. The van der Waals surface area contributed by atoms with Crippen LogP contribution in [0, 0.1) is 6.92 Å². The molecule has 0 saturated heterocycles. The molecule has 102 valence electrons. The highest BCUT2D eigenvalue weighted by Crippen LogP contribution is 2.27. The van der Waals surface area contributed by atoms with Gasteiger partial charge in [-0.2, -0.15) is 0 Å². The van der Waals surface area contributed by atoms with Crippen molar-refractivity contribution in [1.29, 1.82) is 0 Å². The van der Waals surface area contributed by atoms with E-state index in [1.54, 1.807) is 12.4 Å². The van der Waals surface area contributed by atoms with Gasteiger partial charge in [0.15, 0.2) is 0 Å². The maximum atomic E-state index is 6.23. The van der Waals surface area contributed by atoms with Crippen molar-refractivity contribution >= 4 is 22.6 Å². The summed E-state index contributed by atoms with van der Waals surface area (Å²) >= 11 is 6.11. The van der Waals surface area contributed by atoms with E-state index in [1.807, 2.05) is 24.3 Å². The lowest BCUT2D eigenvalue weighted by Gasteiger charge is -2.09. The van der Waals surface area contributed by atoms with E-state index in [4.69, 9.17) is 21.8 Å². The van der Waals surface area contributed by atoms with Gasteiger partial charge in [-0.3, -0.25) is 4.98 Å². The van der Waals surface area contributed by atoms with Crippen molar-refractivity contribution < 1.29 is 4.42 Å². The van der Waals surface area contributed by atoms with Crippen LogP contribution in [0.15, 0.2) is 47.1 Å². The zero-order valence-electron chi connectivity index (χ0n) is 11.1. The first-order valence-electron chi connectivity index (χ1n) is 6.47. The Hall–Kier alpha value is -1.84. The molecule has 2 heterocycles. The van der Waals surface area contributed by atoms with E-state index in [0.29, 0.717) is 11.4 Å². The molecule has 1 unspecified atom stereocenters.